The lowest BCUT2D eigenvalue weighted by Crippen LogP contribution is -2.36. The minimum Gasteiger partial charge on any atom is -0.493 e. The molecule has 0 unspecified atom stereocenters. The van der Waals surface area contributed by atoms with Gasteiger partial charge in [0.1, 0.15) is 6.54 Å². The van der Waals surface area contributed by atoms with E-state index in [0.29, 0.717) is 21.5 Å². The van der Waals surface area contributed by atoms with E-state index in [1.54, 1.807) is 17.4 Å². The largest absolute Gasteiger partial charge is 0.493 e. The number of esters is 1. The third-order valence-electron chi connectivity index (χ3n) is 2.74. The number of nitrogens with one attached hydrogen (secondary N) is 1. The number of carbonyl (C=O) groups excluding carboxylic acids is 2. The highest BCUT2D eigenvalue weighted by molar-refractivity contribution is 9.10. The van der Waals surface area contributed by atoms with Crippen LogP contribution in [0.5, 0.6) is 11.5 Å². The van der Waals surface area contributed by atoms with Gasteiger partial charge < -0.3 is 19.5 Å². The van der Waals surface area contributed by atoms with Crippen LogP contribution in [0.25, 0.3) is 0 Å². The van der Waals surface area contributed by atoms with Crippen molar-refractivity contribution in [1.29, 1.82) is 0 Å². The standard InChI is InChI=1S/C14H15BrF3NO5/c1-22-10-3-8(9(15)5-11(10)23-2)4-13(21)24-6-12(20)19-7-14(16,17)18/h3,5H,4,6-7H2,1-2H3,(H,19,20). The molecule has 0 aromatic heterocycles. The summed E-state index contributed by atoms with van der Waals surface area (Å²) < 4.78 is 51.2. The second-order valence-corrected chi connectivity index (χ2v) is 5.38. The minimum absolute atomic E-state index is 0.201. The van der Waals surface area contributed by atoms with E-state index in [-0.39, 0.29) is 6.42 Å². The highest BCUT2D eigenvalue weighted by atomic mass is 79.9. The summed E-state index contributed by atoms with van der Waals surface area (Å²) in [5.74, 6) is -0.962. The lowest BCUT2D eigenvalue weighted by molar-refractivity contribution is -0.150. The van der Waals surface area contributed by atoms with E-state index in [1.165, 1.54) is 14.2 Å². The van der Waals surface area contributed by atoms with Crippen LogP contribution >= 0.6 is 15.9 Å². The van der Waals surface area contributed by atoms with Crippen LogP contribution in [0.3, 0.4) is 0 Å². The van der Waals surface area contributed by atoms with Gasteiger partial charge in [-0.05, 0) is 17.7 Å². The van der Waals surface area contributed by atoms with Crippen LogP contribution in [0.1, 0.15) is 5.56 Å². The van der Waals surface area contributed by atoms with Crippen molar-refractivity contribution in [2.24, 2.45) is 0 Å². The van der Waals surface area contributed by atoms with E-state index >= 15 is 0 Å². The van der Waals surface area contributed by atoms with Crippen molar-refractivity contribution < 1.29 is 37.0 Å². The van der Waals surface area contributed by atoms with Crippen molar-refractivity contribution in [3.8, 4) is 11.5 Å². The van der Waals surface area contributed by atoms with Crippen LogP contribution < -0.4 is 14.8 Å². The number of hydrogen-bond acceptors (Lipinski definition) is 5. The predicted molar refractivity (Wildman–Crippen MR) is 81.0 cm³/mol. The first-order chi connectivity index (χ1) is 11.2. The molecule has 0 fully saturated rings. The summed E-state index contributed by atoms with van der Waals surface area (Å²) in [5, 5.41) is 1.60. The lowest BCUT2D eigenvalue weighted by atomic mass is 10.1. The van der Waals surface area contributed by atoms with Gasteiger partial charge in [-0.25, -0.2) is 0 Å². The molecule has 0 saturated heterocycles. The molecule has 0 aliphatic rings. The number of carbonyl (C=O) groups is 2. The Labute approximate surface area is 144 Å². The number of halogens is 4. The summed E-state index contributed by atoms with van der Waals surface area (Å²) in [6.07, 6.45) is -4.72. The van der Waals surface area contributed by atoms with Gasteiger partial charge in [0.15, 0.2) is 18.1 Å². The maximum Gasteiger partial charge on any atom is 0.405 e. The van der Waals surface area contributed by atoms with Gasteiger partial charge in [-0.1, -0.05) is 15.9 Å². The van der Waals surface area contributed by atoms with Crippen molar-refractivity contribution in [3.05, 3.63) is 22.2 Å². The lowest BCUT2D eigenvalue weighted by Gasteiger charge is -2.12. The molecule has 0 bridgehead atoms. The van der Waals surface area contributed by atoms with Gasteiger partial charge in [0, 0.05) is 4.47 Å². The molecule has 1 aromatic carbocycles. The predicted octanol–water partition coefficient (Wildman–Crippen LogP) is 2.23. The third kappa shape index (κ3) is 6.65. The molecule has 0 aliphatic carbocycles. The number of ether oxygens (including phenoxy) is 3. The summed E-state index contributed by atoms with van der Waals surface area (Å²) >= 11 is 3.26. The van der Waals surface area contributed by atoms with Crippen LogP contribution in [0.4, 0.5) is 13.2 Å². The molecule has 0 atom stereocenters. The fourth-order valence-electron chi connectivity index (χ4n) is 1.63. The van der Waals surface area contributed by atoms with Crippen LogP contribution in [0.2, 0.25) is 0 Å². The van der Waals surface area contributed by atoms with Crippen molar-refractivity contribution in [1.82, 2.24) is 5.32 Å². The molecule has 1 rings (SSSR count). The molecular formula is C14H15BrF3NO5. The molecule has 134 valence electrons. The molecule has 1 aromatic rings. The normalized spacial score (nSPS) is 10.9. The zero-order valence-electron chi connectivity index (χ0n) is 12.8. The molecule has 1 N–H and O–H groups in total. The van der Waals surface area contributed by atoms with Gasteiger partial charge in [0.05, 0.1) is 20.6 Å². The number of hydrogen-bond donors (Lipinski definition) is 1. The zero-order chi connectivity index (χ0) is 18.3. The summed E-state index contributed by atoms with van der Waals surface area (Å²) in [4.78, 5) is 22.9. The molecule has 1 amide bonds. The van der Waals surface area contributed by atoms with Gasteiger partial charge in [-0.15, -0.1) is 0 Å². The fraction of sp³-hybridized carbons (Fsp3) is 0.429. The van der Waals surface area contributed by atoms with E-state index in [4.69, 9.17) is 9.47 Å². The van der Waals surface area contributed by atoms with E-state index in [0.717, 1.165) is 0 Å². The number of alkyl halides is 3. The summed E-state index contributed by atoms with van der Waals surface area (Å²) in [6, 6.07) is 3.14. The number of methoxy groups -OCH3 is 2. The van der Waals surface area contributed by atoms with Gasteiger partial charge in [0.2, 0.25) is 0 Å². The zero-order valence-corrected chi connectivity index (χ0v) is 14.4. The van der Waals surface area contributed by atoms with Crippen LogP contribution in [0, 0.1) is 0 Å². The Morgan fingerprint density at radius 3 is 2.29 bits per heavy atom. The Morgan fingerprint density at radius 1 is 1.17 bits per heavy atom. The van der Waals surface area contributed by atoms with Crippen molar-refractivity contribution in [3.63, 3.8) is 0 Å². The summed E-state index contributed by atoms with van der Waals surface area (Å²) in [7, 11) is 2.89. The van der Waals surface area contributed by atoms with Crippen molar-refractivity contribution in [2.75, 3.05) is 27.4 Å². The van der Waals surface area contributed by atoms with E-state index < -0.39 is 31.2 Å². The molecule has 24 heavy (non-hydrogen) atoms. The first-order valence-electron chi connectivity index (χ1n) is 6.55. The average Bonchev–Trinajstić information content (AvgIpc) is 2.51. The molecule has 0 saturated carbocycles. The fourth-order valence-corrected chi connectivity index (χ4v) is 2.10. The minimum atomic E-state index is -4.52. The van der Waals surface area contributed by atoms with Gasteiger partial charge >= 0.3 is 12.1 Å². The number of amides is 1. The summed E-state index contributed by atoms with van der Waals surface area (Å²) in [6.45, 7) is -2.27. The van der Waals surface area contributed by atoms with E-state index in [2.05, 4.69) is 20.7 Å². The van der Waals surface area contributed by atoms with Crippen LogP contribution in [0.15, 0.2) is 16.6 Å². The molecule has 6 nitrogen and oxygen atoms in total. The molecule has 0 heterocycles. The SMILES string of the molecule is COc1cc(Br)c(CC(=O)OCC(=O)NCC(F)(F)F)cc1OC. The van der Waals surface area contributed by atoms with Crippen molar-refractivity contribution in [2.45, 2.75) is 12.6 Å². The maximum atomic E-state index is 11.9. The molecule has 10 heteroatoms. The molecule has 0 aliphatic heterocycles. The quantitative estimate of drug-likeness (QED) is 0.693. The van der Waals surface area contributed by atoms with Gasteiger partial charge in [0.25, 0.3) is 5.91 Å². The Hall–Kier alpha value is -1.97. The summed E-state index contributed by atoms with van der Waals surface area (Å²) in [5.41, 5.74) is 0.508. The topological polar surface area (TPSA) is 73.9 Å². The second-order valence-electron chi connectivity index (χ2n) is 4.53. The number of rotatable bonds is 7. The maximum absolute atomic E-state index is 11.9. The Morgan fingerprint density at radius 2 is 1.75 bits per heavy atom. The smallest absolute Gasteiger partial charge is 0.405 e. The molecular weight excluding hydrogens is 399 g/mol. The Balaban J connectivity index is 2.58. The van der Waals surface area contributed by atoms with Gasteiger partial charge in [-0.2, -0.15) is 13.2 Å². The Bertz CT molecular complexity index is 607. The Kier molecular flexibility index (Phi) is 7.33. The molecule has 0 spiro atoms. The average molecular weight is 414 g/mol. The molecule has 0 radical (unpaired) electrons. The second kappa shape index (κ2) is 8.76. The van der Waals surface area contributed by atoms with E-state index in [1.807, 2.05) is 0 Å². The van der Waals surface area contributed by atoms with Gasteiger partial charge in [-0.3, -0.25) is 9.59 Å². The van der Waals surface area contributed by atoms with Crippen LogP contribution in [-0.2, 0) is 20.7 Å². The van der Waals surface area contributed by atoms with Crippen LogP contribution in [-0.4, -0.2) is 45.4 Å². The van der Waals surface area contributed by atoms with E-state index in [9.17, 15) is 22.8 Å². The monoisotopic (exact) mass is 413 g/mol. The van der Waals surface area contributed by atoms with Crippen molar-refractivity contribution >= 4 is 27.8 Å². The number of benzene rings is 1. The third-order valence-corrected chi connectivity index (χ3v) is 3.48. The highest BCUT2D eigenvalue weighted by Crippen LogP contribution is 2.33. The first-order valence-corrected chi connectivity index (χ1v) is 7.35. The first kappa shape index (κ1) is 20.1. The highest BCUT2D eigenvalue weighted by Gasteiger charge is 2.27.